The highest BCUT2D eigenvalue weighted by Crippen LogP contribution is 2.41. The molecule has 6 rings (SSSR count). The van der Waals surface area contributed by atoms with Gasteiger partial charge in [0.1, 0.15) is 11.8 Å². The molecule has 0 saturated carbocycles. The Labute approximate surface area is 264 Å². The van der Waals surface area contributed by atoms with Crippen LogP contribution in [0.2, 0.25) is 0 Å². The second-order valence-corrected chi connectivity index (χ2v) is 12.4. The van der Waals surface area contributed by atoms with E-state index in [-0.39, 0.29) is 17.6 Å². The van der Waals surface area contributed by atoms with Gasteiger partial charge in [-0.05, 0) is 109 Å². The van der Waals surface area contributed by atoms with E-state index in [0.717, 1.165) is 33.5 Å². The zero-order valence-electron chi connectivity index (χ0n) is 24.8. The van der Waals surface area contributed by atoms with Crippen LogP contribution < -0.4 is 10.6 Å². The first kappa shape index (κ1) is 31.7. The van der Waals surface area contributed by atoms with Crippen LogP contribution in [0.3, 0.4) is 0 Å². The van der Waals surface area contributed by atoms with E-state index in [0.29, 0.717) is 18.5 Å². The summed E-state index contributed by atoms with van der Waals surface area (Å²) in [5, 5.41) is 31.7. The molecule has 234 valence electrons. The van der Waals surface area contributed by atoms with Crippen LogP contribution in [0.4, 0.5) is 5.69 Å². The molecular weight excluding hydrogens is 594 g/mol. The number of likely N-dealkylation sites (tertiary alicyclic amines) is 1. The molecule has 5 N–H and O–H groups in total. The van der Waals surface area contributed by atoms with Gasteiger partial charge in [0.15, 0.2) is 0 Å². The molecule has 3 aromatic carbocycles. The maximum absolute atomic E-state index is 12.5. The Morgan fingerprint density at radius 2 is 1.69 bits per heavy atom. The van der Waals surface area contributed by atoms with Gasteiger partial charge >= 0.3 is 11.9 Å². The van der Waals surface area contributed by atoms with Gasteiger partial charge in [0.25, 0.3) is 0 Å². The molecule has 0 aliphatic carbocycles. The van der Waals surface area contributed by atoms with E-state index in [9.17, 15) is 14.7 Å². The zero-order chi connectivity index (χ0) is 32.1. The summed E-state index contributed by atoms with van der Waals surface area (Å²) in [5.74, 6) is -3.65. The Kier molecular flexibility index (Phi) is 9.80. The van der Waals surface area contributed by atoms with Crippen LogP contribution in [0, 0.1) is 6.92 Å². The Balaban J connectivity index is 0.000000609. The van der Waals surface area contributed by atoms with Crippen LogP contribution in [0.1, 0.15) is 47.9 Å². The molecule has 2 aliphatic heterocycles. The molecule has 4 aromatic rings. The molecule has 11 heteroatoms. The summed E-state index contributed by atoms with van der Waals surface area (Å²) in [5.41, 5.74) is 7.02. The molecule has 0 spiro atoms. The van der Waals surface area contributed by atoms with Crippen molar-refractivity contribution < 1.29 is 34.5 Å². The number of hydrogen-bond donors (Lipinski definition) is 5. The SMILES string of the molecule is Cc1cc(Cc2c(-c3ccc(NC(=O)C4CCC(=O)N4)cc3)sc3cc(O)ccc23)ccc1CN1CCCC1.O=C(O)C(=O)O. The Hall–Kier alpha value is -4.74. The third-order valence-corrected chi connectivity index (χ3v) is 9.31. The molecule has 1 unspecified atom stereocenters. The molecule has 2 fully saturated rings. The average molecular weight is 630 g/mol. The lowest BCUT2D eigenvalue weighted by Gasteiger charge is -2.17. The van der Waals surface area contributed by atoms with E-state index < -0.39 is 18.0 Å². The molecule has 0 bridgehead atoms. The molecule has 2 amide bonds. The number of fused-ring (bicyclic) bond motifs is 1. The number of carbonyl (C=O) groups excluding carboxylic acids is 2. The average Bonchev–Trinajstić information content (AvgIpc) is 3.76. The van der Waals surface area contributed by atoms with Crippen LogP contribution in [0.5, 0.6) is 5.75 Å². The first-order valence-electron chi connectivity index (χ1n) is 14.8. The maximum Gasteiger partial charge on any atom is 0.414 e. The summed E-state index contributed by atoms with van der Waals surface area (Å²) in [6.07, 6.45) is 4.31. The number of anilines is 1. The van der Waals surface area contributed by atoms with Crippen LogP contribution in [-0.2, 0) is 32.1 Å². The van der Waals surface area contributed by atoms with E-state index in [4.69, 9.17) is 19.8 Å². The lowest BCUT2D eigenvalue weighted by atomic mass is 9.96. The summed E-state index contributed by atoms with van der Waals surface area (Å²) in [4.78, 5) is 45.9. The molecule has 0 radical (unpaired) electrons. The van der Waals surface area contributed by atoms with Crippen LogP contribution in [0.25, 0.3) is 20.5 Å². The third kappa shape index (κ3) is 7.86. The summed E-state index contributed by atoms with van der Waals surface area (Å²) < 4.78 is 1.05. The van der Waals surface area contributed by atoms with Gasteiger partial charge in [-0.1, -0.05) is 30.3 Å². The number of phenolic OH excluding ortho intramolecular Hbond substituents is 1. The van der Waals surface area contributed by atoms with Gasteiger partial charge in [-0.15, -0.1) is 11.3 Å². The van der Waals surface area contributed by atoms with Crippen molar-refractivity contribution in [1.29, 1.82) is 0 Å². The number of carbonyl (C=O) groups is 4. The fourth-order valence-corrected chi connectivity index (χ4v) is 6.98. The topological polar surface area (TPSA) is 156 Å². The van der Waals surface area contributed by atoms with Gasteiger partial charge in [-0.3, -0.25) is 14.5 Å². The van der Waals surface area contributed by atoms with E-state index in [2.05, 4.69) is 40.7 Å². The first-order chi connectivity index (χ1) is 21.6. The number of thiophene rings is 1. The number of aryl methyl sites for hydroxylation is 1. The molecule has 1 atom stereocenters. The minimum Gasteiger partial charge on any atom is -0.508 e. The molecule has 2 aliphatic rings. The van der Waals surface area contributed by atoms with E-state index in [1.165, 1.54) is 48.2 Å². The number of nitrogens with zero attached hydrogens (tertiary/aromatic N) is 1. The highest BCUT2D eigenvalue weighted by Gasteiger charge is 2.27. The van der Waals surface area contributed by atoms with Crippen molar-refractivity contribution in [2.75, 3.05) is 18.4 Å². The number of aliphatic carboxylic acids is 2. The standard InChI is InChI=1S/C32H33N3O3S.C2H2O4/c1-20-16-21(4-5-23(20)19-35-14-2-3-15-35)17-27-26-11-10-25(36)18-29(26)39-31(27)22-6-8-24(9-7-22)33-32(38)28-12-13-30(37)34-28;3-1(4)2(5)6/h4-11,16,18,28,36H,2-3,12-15,17,19H2,1H3,(H,33,38)(H,34,37);(H,3,4)(H,5,6). The van der Waals surface area contributed by atoms with Crippen molar-refractivity contribution >= 4 is 50.9 Å². The number of carboxylic acid groups (broad SMARTS) is 2. The minimum absolute atomic E-state index is 0.0785. The van der Waals surface area contributed by atoms with Gasteiger partial charge in [0.05, 0.1) is 0 Å². The Bertz CT molecular complexity index is 1730. The lowest BCUT2D eigenvalue weighted by molar-refractivity contribution is -0.159. The molecular formula is C34H35N3O7S. The molecule has 45 heavy (non-hydrogen) atoms. The highest BCUT2D eigenvalue weighted by molar-refractivity contribution is 7.22. The number of carboxylic acids is 2. The third-order valence-electron chi connectivity index (χ3n) is 8.07. The number of rotatable bonds is 7. The number of phenols is 1. The van der Waals surface area contributed by atoms with Gasteiger partial charge < -0.3 is 26.0 Å². The minimum atomic E-state index is -1.82. The molecule has 3 heterocycles. The largest absolute Gasteiger partial charge is 0.508 e. The van der Waals surface area contributed by atoms with E-state index in [1.54, 1.807) is 17.4 Å². The maximum atomic E-state index is 12.5. The number of amides is 2. The summed E-state index contributed by atoms with van der Waals surface area (Å²) in [6.45, 7) is 5.62. The first-order valence-corrected chi connectivity index (χ1v) is 15.6. The number of aromatic hydroxyl groups is 1. The molecule has 2 saturated heterocycles. The van der Waals surface area contributed by atoms with Crippen molar-refractivity contribution in [3.8, 4) is 16.2 Å². The fourth-order valence-electron chi connectivity index (χ4n) is 5.72. The van der Waals surface area contributed by atoms with E-state index >= 15 is 0 Å². The van der Waals surface area contributed by atoms with Crippen LogP contribution >= 0.6 is 11.3 Å². The van der Waals surface area contributed by atoms with Gasteiger partial charge in [0.2, 0.25) is 11.8 Å². The van der Waals surface area contributed by atoms with Gasteiger partial charge in [0, 0.05) is 28.2 Å². The Morgan fingerprint density at radius 1 is 0.978 bits per heavy atom. The lowest BCUT2D eigenvalue weighted by Crippen LogP contribution is -2.37. The van der Waals surface area contributed by atoms with Crippen molar-refractivity contribution in [2.24, 2.45) is 0 Å². The van der Waals surface area contributed by atoms with Crippen LogP contribution in [0.15, 0.2) is 60.7 Å². The van der Waals surface area contributed by atoms with Gasteiger partial charge in [-0.25, -0.2) is 9.59 Å². The quantitative estimate of drug-likeness (QED) is 0.176. The zero-order valence-corrected chi connectivity index (χ0v) is 25.7. The van der Waals surface area contributed by atoms with Crippen molar-refractivity contribution in [3.63, 3.8) is 0 Å². The molecule has 10 nitrogen and oxygen atoms in total. The van der Waals surface area contributed by atoms with E-state index in [1.807, 2.05) is 36.4 Å². The normalized spacial score (nSPS) is 16.2. The monoisotopic (exact) mass is 629 g/mol. The number of nitrogens with one attached hydrogen (secondary N) is 2. The number of benzene rings is 3. The smallest absolute Gasteiger partial charge is 0.414 e. The fraction of sp³-hybridized carbons (Fsp3) is 0.294. The second-order valence-electron chi connectivity index (χ2n) is 11.3. The summed E-state index contributed by atoms with van der Waals surface area (Å²) in [6, 6.07) is 19.9. The second kappa shape index (κ2) is 13.9. The van der Waals surface area contributed by atoms with Gasteiger partial charge in [-0.2, -0.15) is 0 Å². The predicted octanol–water partition coefficient (Wildman–Crippen LogP) is 5.14. The van der Waals surface area contributed by atoms with Crippen molar-refractivity contribution in [2.45, 2.75) is 51.6 Å². The molecule has 1 aromatic heterocycles. The highest BCUT2D eigenvalue weighted by atomic mass is 32.1. The van der Waals surface area contributed by atoms with Crippen LogP contribution in [-0.4, -0.2) is 63.1 Å². The predicted molar refractivity (Wildman–Crippen MR) is 172 cm³/mol. The van der Waals surface area contributed by atoms with Crippen molar-refractivity contribution in [1.82, 2.24) is 10.2 Å². The Morgan fingerprint density at radius 3 is 2.31 bits per heavy atom. The summed E-state index contributed by atoms with van der Waals surface area (Å²) in [7, 11) is 0. The van der Waals surface area contributed by atoms with Crippen molar-refractivity contribution in [3.05, 3.63) is 82.9 Å². The number of hydrogen-bond acceptors (Lipinski definition) is 7. The summed E-state index contributed by atoms with van der Waals surface area (Å²) >= 11 is 1.68.